The lowest BCUT2D eigenvalue weighted by Crippen LogP contribution is -1.95. The van der Waals surface area contributed by atoms with Crippen molar-refractivity contribution in [3.8, 4) is 0 Å². The summed E-state index contributed by atoms with van der Waals surface area (Å²) in [5.41, 5.74) is 4.11. The SMILES string of the molecule is Cc1cc(C2CC2)cc(Cl)c1C(C)C. The largest absolute Gasteiger partial charge is 0.0840 e. The molecule has 0 amide bonds. The van der Waals surface area contributed by atoms with Gasteiger partial charge in [0.2, 0.25) is 0 Å². The van der Waals surface area contributed by atoms with E-state index >= 15 is 0 Å². The molecule has 0 nitrogen and oxygen atoms in total. The molecule has 14 heavy (non-hydrogen) atoms. The van der Waals surface area contributed by atoms with Crippen molar-refractivity contribution in [2.24, 2.45) is 0 Å². The number of hydrogen-bond acceptors (Lipinski definition) is 0. The third-order valence-electron chi connectivity index (χ3n) is 2.98. The second kappa shape index (κ2) is 3.58. The number of rotatable bonds is 2. The minimum atomic E-state index is 0.524. The molecule has 0 heterocycles. The second-order valence-corrected chi connectivity index (χ2v) is 5.07. The van der Waals surface area contributed by atoms with E-state index in [4.69, 9.17) is 11.6 Å². The minimum Gasteiger partial charge on any atom is -0.0840 e. The number of hydrogen-bond donors (Lipinski definition) is 0. The van der Waals surface area contributed by atoms with Gasteiger partial charge in [-0.25, -0.2) is 0 Å². The standard InChI is InChI=1S/C13H17Cl/c1-8(2)13-9(3)6-11(7-12(13)14)10-4-5-10/h6-8,10H,4-5H2,1-3H3. The Hall–Kier alpha value is -0.490. The minimum absolute atomic E-state index is 0.524. The predicted octanol–water partition coefficient (Wildman–Crippen LogP) is 4.65. The molecule has 0 aromatic heterocycles. The van der Waals surface area contributed by atoms with E-state index in [2.05, 4.69) is 32.9 Å². The third-order valence-corrected chi connectivity index (χ3v) is 3.30. The summed E-state index contributed by atoms with van der Waals surface area (Å²) in [6, 6.07) is 4.49. The maximum Gasteiger partial charge on any atom is 0.0446 e. The van der Waals surface area contributed by atoms with Gasteiger partial charge in [-0.2, -0.15) is 0 Å². The van der Waals surface area contributed by atoms with Crippen LogP contribution in [0.15, 0.2) is 12.1 Å². The average Bonchev–Trinajstić information content (AvgIpc) is 2.83. The summed E-state index contributed by atoms with van der Waals surface area (Å²) < 4.78 is 0. The third kappa shape index (κ3) is 1.81. The van der Waals surface area contributed by atoms with Gasteiger partial charge in [-0.3, -0.25) is 0 Å². The molecule has 1 aliphatic carbocycles. The first-order chi connectivity index (χ1) is 6.59. The van der Waals surface area contributed by atoms with Crippen molar-refractivity contribution in [1.82, 2.24) is 0 Å². The lowest BCUT2D eigenvalue weighted by atomic mass is 9.95. The van der Waals surface area contributed by atoms with Crippen LogP contribution in [0.3, 0.4) is 0 Å². The highest BCUT2D eigenvalue weighted by Crippen LogP contribution is 2.42. The highest BCUT2D eigenvalue weighted by molar-refractivity contribution is 6.31. The van der Waals surface area contributed by atoms with E-state index in [0.717, 1.165) is 10.9 Å². The van der Waals surface area contributed by atoms with Crippen LogP contribution in [0.25, 0.3) is 0 Å². The molecule has 0 bridgehead atoms. The van der Waals surface area contributed by atoms with Gasteiger partial charge in [0.25, 0.3) is 0 Å². The molecular formula is C13H17Cl. The topological polar surface area (TPSA) is 0 Å². The predicted molar refractivity (Wildman–Crippen MR) is 62.3 cm³/mol. The summed E-state index contributed by atoms with van der Waals surface area (Å²) >= 11 is 6.30. The molecule has 0 radical (unpaired) electrons. The molecule has 0 spiro atoms. The lowest BCUT2D eigenvalue weighted by Gasteiger charge is -2.13. The summed E-state index contributed by atoms with van der Waals surface area (Å²) in [5.74, 6) is 1.32. The van der Waals surface area contributed by atoms with Crippen molar-refractivity contribution < 1.29 is 0 Å². The molecule has 1 aliphatic rings. The molecule has 2 rings (SSSR count). The monoisotopic (exact) mass is 208 g/mol. The van der Waals surface area contributed by atoms with Crippen molar-refractivity contribution in [1.29, 1.82) is 0 Å². The molecule has 0 unspecified atom stereocenters. The first-order valence-corrected chi connectivity index (χ1v) is 5.77. The van der Waals surface area contributed by atoms with E-state index in [1.165, 1.54) is 29.5 Å². The van der Waals surface area contributed by atoms with E-state index in [-0.39, 0.29) is 0 Å². The van der Waals surface area contributed by atoms with Crippen LogP contribution in [-0.4, -0.2) is 0 Å². The Morgan fingerprint density at radius 2 is 1.93 bits per heavy atom. The van der Waals surface area contributed by atoms with Gasteiger partial charge in [0.15, 0.2) is 0 Å². The van der Waals surface area contributed by atoms with Crippen LogP contribution in [0.4, 0.5) is 0 Å². The van der Waals surface area contributed by atoms with Crippen LogP contribution in [0.5, 0.6) is 0 Å². The van der Waals surface area contributed by atoms with Crippen molar-refractivity contribution in [2.45, 2.75) is 45.4 Å². The van der Waals surface area contributed by atoms with Gasteiger partial charge >= 0.3 is 0 Å². The average molecular weight is 209 g/mol. The van der Waals surface area contributed by atoms with Crippen molar-refractivity contribution in [3.63, 3.8) is 0 Å². The summed E-state index contributed by atoms with van der Waals surface area (Å²) in [6.45, 7) is 6.57. The van der Waals surface area contributed by atoms with Crippen LogP contribution in [-0.2, 0) is 0 Å². The van der Waals surface area contributed by atoms with Gasteiger partial charge in [-0.1, -0.05) is 31.5 Å². The second-order valence-electron chi connectivity index (χ2n) is 4.66. The van der Waals surface area contributed by atoms with Crippen LogP contribution in [0.1, 0.15) is 55.2 Å². The zero-order chi connectivity index (χ0) is 10.3. The van der Waals surface area contributed by atoms with E-state index in [0.29, 0.717) is 5.92 Å². The smallest absolute Gasteiger partial charge is 0.0446 e. The fourth-order valence-corrected chi connectivity index (χ4v) is 2.66. The highest BCUT2D eigenvalue weighted by Gasteiger charge is 2.24. The van der Waals surface area contributed by atoms with Gasteiger partial charge in [-0.15, -0.1) is 0 Å². The zero-order valence-electron chi connectivity index (χ0n) is 9.10. The molecular weight excluding hydrogens is 192 g/mol. The maximum atomic E-state index is 6.30. The summed E-state index contributed by atoms with van der Waals surface area (Å²) in [6.07, 6.45) is 2.69. The maximum absolute atomic E-state index is 6.30. The molecule has 0 N–H and O–H groups in total. The van der Waals surface area contributed by atoms with Crippen LogP contribution >= 0.6 is 11.6 Å². The number of aryl methyl sites for hydroxylation is 1. The van der Waals surface area contributed by atoms with Crippen LogP contribution in [0, 0.1) is 6.92 Å². The zero-order valence-corrected chi connectivity index (χ0v) is 9.86. The summed E-state index contributed by atoms with van der Waals surface area (Å²) in [5, 5.41) is 0.960. The quantitative estimate of drug-likeness (QED) is 0.664. The Morgan fingerprint density at radius 3 is 2.36 bits per heavy atom. The number of benzene rings is 1. The Morgan fingerprint density at radius 1 is 1.29 bits per heavy atom. The van der Waals surface area contributed by atoms with Crippen molar-refractivity contribution in [3.05, 3.63) is 33.8 Å². The van der Waals surface area contributed by atoms with Crippen LogP contribution < -0.4 is 0 Å². The molecule has 1 saturated carbocycles. The first-order valence-electron chi connectivity index (χ1n) is 5.39. The van der Waals surface area contributed by atoms with Crippen molar-refractivity contribution in [2.75, 3.05) is 0 Å². The Balaban J connectivity index is 2.43. The van der Waals surface area contributed by atoms with E-state index in [1.807, 2.05) is 0 Å². The summed E-state index contributed by atoms with van der Waals surface area (Å²) in [4.78, 5) is 0. The Bertz CT molecular complexity index is 325. The normalized spacial score (nSPS) is 16.4. The molecule has 1 fully saturated rings. The van der Waals surface area contributed by atoms with E-state index < -0.39 is 0 Å². The van der Waals surface area contributed by atoms with Gasteiger partial charge in [0.1, 0.15) is 0 Å². The molecule has 0 atom stereocenters. The molecule has 76 valence electrons. The van der Waals surface area contributed by atoms with Gasteiger partial charge in [0.05, 0.1) is 0 Å². The Labute approximate surface area is 91.3 Å². The molecule has 1 aromatic carbocycles. The van der Waals surface area contributed by atoms with Crippen LogP contribution in [0.2, 0.25) is 5.02 Å². The Kier molecular flexibility index (Phi) is 2.57. The van der Waals surface area contributed by atoms with Gasteiger partial charge in [0, 0.05) is 5.02 Å². The molecule has 0 aliphatic heterocycles. The number of halogens is 1. The first kappa shape index (κ1) is 10.0. The van der Waals surface area contributed by atoms with Crippen molar-refractivity contribution >= 4 is 11.6 Å². The van der Waals surface area contributed by atoms with E-state index in [1.54, 1.807) is 0 Å². The fourth-order valence-electron chi connectivity index (χ4n) is 2.17. The van der Waals surface area contributed by atoms with Gasteiger partial charge < -0.3 is 0 Å². The molecule has 1 aromatic rings. The lowest BCUT2D eigenvalue weighted by molar-refractivity contribution is 0.854. The van der Waals surface area contributed by atoms with Gasteiger partial charge in [-0.05, 0) is 54.4 Å². The molecule has 0 saturated heterocycles. The highest BCUT2D eigenvalue weighted by atomic mass is 35.5. The summed E-state index contributed by atoms with van der Waals surface area (Å²) in [7, 11) is 0. The molecule has 1 heteroatoms. The van der Waals surface area contributed by atoms with E-state index in [9.17, 15) is 0 Å². The fraction of sp³-hybridized carbons (Fsp3) is 0.538.